The van der Waals surface area contributed by atoms with Crippen LogP contribution in [-0.4, -0.2) is 33.6 Å². The summed E-state index contributed by atoms with van der Waals surface area (Å²) in [6.45, 7) is 0. The van der Waals surface area contributed by atoms with Gasteiger partial charge in [0.05, 0.1) is 22.5 Å². The number of hydrogen-bond acceptors (Lipinski definition) is 3. The van der Waals surface area contributed by atoms with E-state index in [9.17, 15) is 27.9 Å². The Bertz CT molecular complexity index is 1610. The number of benzene rings is 3. The number of carbonyl (C=O) groups is 2. The van der Waals surface area contributed by atoms with E-state index in [2.05, 4.69) is 5.32 Å². The number of aromatic carboxylic acids is 1. The largest absolute Gasteiger partial charge is 0.478 e. The maximum absolute atomic E-state index is 14.8. The molecule has 10 heteroatoms. The van der Waals surface area contributed by atoms with Crippen LogP contribution in [-0.2, 0) is 16.5 Å². The summed E-state index contributed by atoms with van der Waals surface area (Å²) in [5.41, 5.74) is -1.05. The average Bonchev–Trinajstić information content (AvgIpc) is 3.36. The molecule has 1 atom stereocenters. The lowest BCUT2D eigenvalue weighted by atomic mass is 9.74. The summed E-state index contributed by atoms with van der Waals surface area (Å²) in [5.74, 6) is -1.89. The number of fused-ring (bicyclic) bond motifs is 1. The number of rotatable bonds is 8. The van der Waals surface area contributed by atoms with Crippen molar-refractivity contribution in [1.82, 2.24) is 4.57 Å². The Kier molecular flexibility index (Phi) is 8.62. The zero-order chi connectivity index (χ0) is 30.1. The first-order valence-corrected chi connectivity index (χ1v) is 15.5. The predicted molar refractivity (Wildman–Crippen MR) is 162 cm³/mol. The number of nitrogens with one attached hydrogen (secondary N) is 1. The van der Waals surface area contributed by atoms with Crippen molar-refractivity contribution in [1.29, 1.82) is 0 Å². The number of carboxylic acid groups (broad SMARTS) is 1. The molecule has 1 amide bonds. The van der Waals surface area contributed by atoms with Crippen molar-refractivity contribution in [3.8, 4) is 11.3 Å². The first kappa shape index (κ1) is 30.0. The summed E-state index contributed by atoms with van der Waals surface area (Å²) >= 11 is 7.67. The van der Waals surface area contributed by atoms with Crippen LogP contribution in [0.1, 0.15) is 48.0 Å². The molecule has 0 aliphatic heterocycles. The smallest absolute Gasteiger partial charge is 0.418 e. The van der Waals surface area contributed by atoms with Crippen LogP contribution in [0, 0.1) is 5.92 Å². The van der Waals surface area contributed by atoms with Crippen molar-refractivity contribution >= 4 is 51.8 Å². The quantitative estimate of drug-likeness (QED) is 0.208. The Balaban J connectivity index is 1.76. The van der Waals surface area contributed by atoms with E-state index in [0.717, 1.165) is 66.4 Å². The molecule has 220 valence electrons. The molecule has 1 saturated carbocycles. The standard InChI is InChI=1S/C32H30ClF3N2O3S/c1-42-19-31(23-8-3-2-4-9-23,30(41)37-26-16-13-22(29(39)40)17-25(26)32(34,35)36)38-27-10-6-5-7-21(27)18-28(38)20-11-14-24(33)15-12-20/h5-7,10-18,23H,2-4,8-9,19H2,1H3,(H,37,41)(H,39,40). The van der Waals surface area contributed by atoms with Crippen molar-refractivity contribution in [2.45, 2.75) is 43.8 Å². The lowest BCUT2D eigenvalue weighted by Gasteiger charge is -2.44. The number of carbonyl (C=O) groups excluding carboxylic acids is 1. The van der Waals surface area contributed by atoms with Gasteiger partial charge in [-0.15, -0.1) is 0 Å². The Morgan fingerprint density at radius 2 is 1.69 bits per heavy atom. The lowest BCUT2D eigenvalue weighted by molar-refractivity contribution is -0.137. The van der Waals surface area contributed by atoms with E-state index < -0.39 is 40.4 Å². The van der Waals surface area contributed by atoms with Crippen LogP contribution in [0.5, 0.6) is 0 Å². The van der Waals surface area contributed by atoms with Gasteiger partial charge in [-0.05, 0) is 73.0 Å². The third-order valence-electron chi connectivity index (χ3n) is 8.11. The van der Waals surface area contributed by atoms with Crippen LogP contribution in [0.3, 0.4) is 0 Å². The molecule has 4 aromatic rings. The molecular weight excluding hydrogens is 585 g/mol. The van der Waals surface area contributed by atoms with E-state index in [1.165, 1.54) is 11.8 Å². The lowest BCUT2D eigenvalue weighted by Crippen LogP contribution is -2.54. The maximum atomic E-state index is 14.8. The fourth-order valence-corrected chi connectivity index (χ4v) is 7.25. The van der Waals surface area contributed by atoms with Crippen LogP contribution in [0.2, 0.25) is 5.02 Å². The first-order chi connectivity index (χ1) is 20.1. The van der Waals surface area contributed by atoms with E-state index in [4.69, 9.17) is 11.6 Å². The Labute approximate surface area is 251 Å². The van der Waals surface area contributed by atoms with E-state index >= 15 is 0 Å². The third-order valence-corrected chi connectivity index (χ3v) is 9.09. The molecule has 1 fully saturated rings. The molecule has 1 heterocycles. The summed E-state index contributed by atoms with van der Waals surface area (Å²) in [6.07, 6.45) is 1.33. The molecule has 0 spiro atoms. The van der Waals surface area contributed by atoms with Crippen molar-refractivity contribution < 1.29 is 27.9 Å². The number of thioether (sulfide) groups is 1. The number of nitrogens with zero attached hydrogens (tertiary/aromatic N) is 1. The second-order valence-corrected chi connectivity index (χ2v) is 11.9. The van der Waals surface area contributed by atoms with Crippen molar-refractivity contribution in [3.05, 3.63) is 88.9 Å². The van der Waals surface area contributed by atoms with Gasteiger partial charge in [0, 0.05) is 21.7 Å². The molecular formula is C32H30ClF3N2O3S. The molecule has 0 radical (unpaired) electrons. The van der Waals surface area contributed by atoms with Crippen LogP contribution in [0.25, 0.3) is 22.2 Å². The second kappa shape index (κ2) is 12.1. The molecule has 5 rings (SSSR count). The molecule has 0 bridgehead atoms. The number of amides is 1. The number of para-hydroxylation sites is 1. The van der Waals surface area contributed by atoms with Gasteiger partial charge in [0.15, 0.2) is 0 Å². The van der Waals surface area contributed by atoms with Crippen LogP contribution in [0.4, 0.5) is 18.9 Å². The molecule has 1 aliphatic rings. The highest BCUT2D eigenvalue weighted by molar-refractivity contribution is 7.98. The molecule has 1 aliphatic carbocycles. The fraction of sp³-hybridized carbons (Fsp3) is 0.312. The molecule has 1 unspecified atom stereocenters. The number of hydrogen-bond donors (Lipinski definition) is 2. The van der Waals surface area contributed by atoms with Crippen molar-refractivity contribution in [2.75, 3.05) is 17.3 Å². The van der Waals surface area contributed by atoms with Gasteiger partial charge in [0.2, 0.25) is 0 Å². The van der Waals surface area contributed by atoms with Crippen molar-refractivity contribution in [3.63, 3.8) is 0 Å². The van der Waals surface area contributed by atoms with E-state index in [1.807, 2.05) is 53.3 Å². The Hall–Kier alpha value is -3.43. The predicted octanol–water partition coefficient (Wildman–Crippen LogP) is 8.96. The van der Waals surface area contributed by atoms with E-state index in [1.54, 1.807) is 12.1 Å². The first-order valence-electron chi connectivity index (χ1n) is 13.7. The summed E-state index contributed by atoms with van der Waals surface area (Å²) in [4.78, 5) is 26.2. The Morgan fingerprint density at radius 3 is 2.33 bits per heavy atom. The monoisotopic (exact) mass is 614 g/mol. The minimum absolute atomic E-state index is 0.159. The number of aromatic nitrogens is 1. The van der Waals surface area contributed by atoms with Gasteiger partial charge in [-0.1, -0.05) is 61.2 Å². The van der Waals surface area contributed by atoms with Crippen LogP contribution < -0.4 is 5.32 Å². The minimum Gasteiger partial charge on any atom is -0.478 e. The summed E-state index contributed by atoms with van der Waals surface area (Å²) < 4.78 is 44.6. The molecule has 42 heavy (non-hydrogen) atoms. The van der Waals surface area contributed by atoms with Crippen LogP contribution >= 0.6 is 23.4 Å². The van der Waals surface area contributed by atoms with E-state index in [-0.39, 0.29) is 5.92 Å². The Morgan fingerprint density at radius 1 is 1.00 bits per heavy atom. The fourth-order valence-electron chi connectivity index (χ4n) is 6.19. The van der Waals surface area contributed by atoms with Gasteiger partial charge in [-0.3, -0.25) is 4.79 Å². The van der Waals surface area contributed by atoms with Gasteiger partial charge in [0.25, 0.3) is 5.91 Å². The van der Waals surface area contributed by atoms with Crippen LogP contribution in [0.15, 0.2) is 72.8 Å². The normalized spacial score (nSPS) is 15.8. The van der Waals surface area contributed by atoms with Gasteiger partial charge >= 0.3 is 12.1 Å². The highest BCUT2D eigenvalue weighted by atomic mass is 35.5. The van der Waals surface area contributed by atoms with Gasteiger partial charge in [0.1, 0.15) is 5.54 Å². The highest BCUT2D eigenvalue weighted by Crippen LogP contribution is 2.46. The second-order valence-electron chi connectivity index (χ2n) is 10.6. The van der Waals surface area contributed by atoms with Gasteiger partial charge in [-0.2, -0.15) is 24.9 Å². The van der Waals surface area contributed by atoms with Gasteiger partial charge < -0.3 is 15.0 Å². The minimum atomic E-state index is -4.88. The summed E-state index contributed by atoms with van der Waals surface area (Å²) in [6, 6.07) is 19.7. The third kappa shape index (κ3) is 5.64. The number of carboxylic acids is 1. The molecule has 1 aromatic heterocycles. The maximum Gasteiger partial charge on any atom is 0.418 e. The highest BCUT2D eigenvalue weighted by Gasteiger charge is 2.49. The zero-order valence-corrected chi connectivity index (χ0v) is 24.5. The van der Waals surface area contributed by atoms with Crippen molar-refractivity contribution in [2.24, 2.45) is 5.92 Å². The molecule has 0 saturated heterocycles. The molecule has 3 aromatic carbocycles. The summed E-state index contributed by atoms with van der Waals surface area (Å²) in [5, 5.41) is 13.4. The SMILES string of the molecule is CSCC(C(=O)Nc1ccc(C(=O)O)cc1C(F)(F)F)(C1CCCCC1)n1c(-c2ccc(Cl)cc2)cc2ccccc21. The number of alkyl halides is 3. The zero-order valence-electron chi connectivity index (χ0n) is 22.9. The van der Waals surface area contributed by atoms with Gasteiger partial charge in [-0.25, -0.2) is 4.79 Å². The van der Waals surface area contributed by atoms with E-state index in [0.29, 0.717) is 16.8 Å². The summed E-state index contributed by atoms with van der Waals surface area (Å²) in [7, 11) is 0. The average molecular weight is 615 g/mol. The number of anilines is 1. The topological polar surface area (TPSA) is 71.3 Å². The molecule has 2 N–H and O–H groups in total. The number of halogens is 4. The molecule has 5 nitrogen and oxygen atoms in total.